The van der Waals surface area contributed by atoms with Crippen molar-refractivity contribution in [2.24, 2.45) is 5.16 Å². The predicted molar refractivity (Wildman–Crippen MR) is 113 cm³/mol. The summed E-state index contributed by atoms with van der Waals surface area (Å²) in [6.45, 7) is 6.12. The number of carbonyl (C=O) groups is 1. The van der Waals surface area contributed by atoms with E-state index in [4.69, 9.17) is 4.84 Å². The van der Waals surface area contributed by atoms with E-state index in [9.17, 15) is 18.0 Å². The van der Waals surface area contributed by atoms with Gasteiger partial charge in [0.2, 0.25) is 0 Å². The van der Waals surface area contributed by atoms with E-state index >= 15 is 0 Å². The molecule has 0 saturated carbocycles. The van der Waals surface area contributed by atoms with Crippen LogP contribution in [-0.2, 0) is 17.6 Å². The molecule has 1 atom stereocenters. The number of oxime groups is 1. The van der Waals surface area contributed by atoms with E-state index in [-0.39, 0.29) is 31.3 Å². The molecule has 0 fully saturated rings. The van der Waals surface area contributed by atoms with Crippen molar-refractivity contribution in [3.05, 3.63) is 70.8 Å². The average molecular weight is 433 g/mol. The first-order valence-corrected chi connectivity index (χ1v) is 10.1. The monoisotopic (exact) mass is 433 g/mol. The second-order valence-electron chi connectivity index (χ2n) is 7.96. The van der Waals surface area contributed by atoms with Crippen molar-refractivity contribution in [1.82, 2.24) is 10.2 Å². The van der Waals surface area contributed by atoms with Gasteiger partial charge in [-0.25, -0.2) is 4.79 Å². The highest BCUT2D eigenvalue weighted by Gasteiger charge is 2.31. The van der Waals surface area contributed by atoms with Crippen molar-refractivity contribution in [1.29, 1.82) is 0 Å². The van der Waals surface area contributed by atoms with Crippen LogP contribution in [0.4, 0.5) is 18.0 Å². The first kappa shape index (κ1) is 22.7. The number of rotatable bonds is 6. The quantitative estimate of drug-likeness (QED) is 0.687. The summed E-state index contributed by atoms with van der Waals surface area (Å²) in [5.41, 5.74) is 2.80. The Balaban J connectivity index is 1.70. The summed E-state index contributed by atoms with van der Waals surface area (Å²) in [5.74, 6) is 0. The molecule has 2 aromatic carbocycles. The molecule has 1 N–H and O–H groups in total. The van der Waals surface area contributed by atoms with Gasteiger partial charge in [-0.05, 0) is 44.0 Å². The summed E-state index contributed by atoms with van der Waals surface area (Å²) in [7, 11) is 0. The number of nitrogens with one attached hydrogen (secondary N) is 1. The highest BCUT2D eigenvalue weighted by atomic mass is 19.4. The fourth-order valence-corrected chi connectivity index (χ4v) is 3.40. The minimum Gasteiger partial charge on any atom is -0.390 e. The van der Waals surface area contributed by atoms with Crippen LogP contribution >= 0.6 is 0 Å². The fourth-order valence-electron chi connectivity index (χ4n) is 3.40. The van der Waals surface area contributed by atoms with E-state index in [1.165, 1.54) is 12.1 Å². The van der Waals surface area contributed by atoms with Gasteiger partial charge in [0, 0.05) is 24.6 Å². The largest absolute Gasteiger partial charge is 0.416 e. The van der Waals surface area contributed by atoms with Crippen molar-refractivity contribution in [3.8, 4) is 0 Å². The first-order chi connectivity index (χ1) is 14.6. The molecule has 1 aliphatic heterocycles. The molecule has 3 rings (SSSR count). The Bertz CT molecular complexity index is 940. The molecule has 1 heterocycles. The van der Waals surface area contributed by atoms with Gasteiger partial charge in [-0.3, -0.25) is 0 Å². The molecule has 0 aliphatic carbocycles. The summed E-state index contributed by atoms with van der Waals surface area (Å²) < 4.78 is 38.5. The van der Waals surface area contributed by atoms with Crippen LogP contribution in [0.2, 0.25) is 0 Å². The van der Waals surface area contributed by atoms with Crippen LogP contribution < -0.4 is 5.32 Å². The number of hydrogen-bond acceptors (Lipinski definition) is 3. The fraction of sp³-hybridized carbons (Fsp3) is 0.391. The van der Waals surface area contributed by atoms with Gasteiger partial charge in [-0.2, -0.15) is 13.2 Å². The smallest absolute Gasteiger partial charge is 0.390 e. The van der Waals surface area contributed by atoms with Gasteiger partial charge in [0.05, 0.1) is 17.8 Å². The Morgan fingerprint density at radius 2 is 1.87 bits per heavy atom. The summed E-state index contributed by atoms with van der Waals surface area (Å²) in [4.78, 5) is 19.8. The number of nitrogens with zero attached hydrogens (tertiary/aromatic N) is 2. The lowest BCUT2D eigenvalue weighted by Crippen LogP contribution is -2.45. The lowest BCUT2D eigenvalue weighted by Gasteiger charge is -2.26. The Kier molecular flexibility index (Phi) is 6.87. The van der Waals surface area contributed by atoms with E-state index < -0.39 is 11.7 Å². The van der Waals surface area contributed by atoms with Crippen LogP contribution in [-0.4, -0.2) is 35.3 Å². The summed E-state index contributed by atoms with van der Waals surface area (Å²) in [6, 6.07) is 12.3. The number of halogens is 3. The van der Waals surface area contributed by atoms with Gasteiger partial charge in [-0.15, -0.1) is 0 Å². The number of benzene rings is 2. The molecule has 0 radical (unpaired) electrons. The van der Waals surface area contributed by atoms with Crippen LogP contribution in [0.1, 0.15) is 42.5 Å². The molecule has 0 aromatic heterocycles. The summed E-state index contributed by atoms with van der Waals surface area (Å²) in [6.07, 6.45) is -4.18. The van der Waals surface area contributed by atoms with E-state index in [1.807, 2.05) is 45.0 Å². The number of amides is 2. The van der Waals surface area contributed by atoms with Crippen LogP contribution in [0.5, 0.6) is 0 Å². The standard InChI is InChI=1S/C23H26F3N3O2/c1-15(2)27-22(30)29(13-17-8-10-18(11-9-17)23(24,25)26)14-19-12-21(28-31-19)20-7-5-4-6-16(20)3/h4-11,15,19H,12-14H2,1-3H3,(H,27,30)/t19-/m0/s1. The van der Waals surface area contributed by atoms with Crippen LogP contribution in [0.25, 0.3) is 0 Å². The number of aryl methyl sites for hydroxylation is 1. The van der Waals surface area contributed by atoms with E-state index in [0.29, 0.717) is 12.0 Å². The molecule has 8 heteroatoms. The molecule has 166 valence electrons. The van der Waals surface area contributed by atoms with Crippen molar-refractivity contribution in [3.63, 3.8) is 0 Å². The number of hydrogen-bond donors (Lipinski definition) is 1. The van der Waals surface area contributed by atoms with Crippen molar-refractivity contribution >= 4 is 11.7 Å². The highest BCUT2D eigenvalue weighted by Crippen LogP contribution is 2.29. The van der Waals surface area contributed by atoms with Crippen LogP contribution in [0.15, 0.2) is 53.7 Å². The second kappa shape index (κ2) is 9.41. The van der Waals surface area contributed by atoms with Gasteiger partial charge in [0.1, 0.15) is 0 Å². The third-order valence-corrected chi connectivity index (χ3v) is 4.97. The van der Waals surface area contributed by atoms with E-state index in [2.05, 4.69) is 10.5 Å². The van der Waals surface area contributed by atoms with Crippen LogP contribution in [0.3, 0.4) is 0 Å². The Morgan fingerprint density at radius 3 is 2.48 bits per heavy atom. The number of urea groups is 1. The van der Waals surface area contributed by atoms with Crippen LogP contribution in [0, 0.1) is 6.92 Å². The highest BCUT2D eigenvalue weighted by molar-refractivity contribution is 6.02. The molecular weight excluding hydrogens is 407 g/mol. The number of alkyl halides is 3. The van der Waals surface area contributed by atoms with Gasteiger partial charge >= 0.3 is 12.2 Å². The molecule has 1 aliphatic rings. The van der Waals surface area contributed by atoms with Crippen molar-refractivity contribution < 1.29 is 22.8 Å². The minimum atomic E-state index is -4.39. The Morgan fingerprint density at radius 1 is 1.19 bits per heavy atom. The molecule has 2 amide bonds. The van der Waals surface area contributed by atoms with Gasteiger partial charge in [0.15, 0.2) is 6.10 Å². The normalized spacial score (nSPS) is 16.1. The Labute approximate surface area is 179 Å². The predicted octanol–water partition coefficient (Wildman–Crippen LogP) is 5.13. The molecule has 0 spiro atoms. The van der Waals surface area contributed by atoms with E-state index in [1.54, 1.807) is 4.90 Å². The molecule has 5 nitrogen and oxygen atoms in total. The number of carbonyl (C=O) groups excluding carboxylic acids is 1. The third kappa shape index (κ3) is 5.99. The van der Waals surface area contributed by atoms with Crippen molar-refractivity contribution in [2.75, 3.05) is 6.54 Å². The molecular formula is C23H26F3N3O2. The molecule has 31 heavy (non-hydrogen) atoms. The minimum absolute atomic E-state index is 0.0779. The molecule has 0 bridgehead atoms. The first-order valence-electron chi connectivity index (χ1n) is 10.1. The lowest BCUT2D eigenvalue weighted by atomic mass is 10.0. The SMILES string of the molecule is Cc1ccccc1C1=NO[C@H](CN(Cc2ccc(C(F)(F)F)cc2)C(=O)NC(C)C)C1. The summed E-state index contributed by atoms with van der Waals surface area (Å²) in [5, 5.41) is 7.04. The zero-order valence-corrected chi connectivity index (χ0v) is 17.7. The van der Waals surface area contributed by atoms with Gasteiger partial charge in [0.25, 0.3) is 0 Å². The zero-order valence-electron chi connectivity index (χ0n) is 17.7. The lowest BCUT2D eigenvalue weighted by molar-refractivity contribution is -0.137. The van der Waals surface area contributed by atoms with Gasteiger partial charge in [-0.1, -0.05) is 41.6 Å². The maximum absolute atomic E-state index is 12.8. The third-order valence-electron chi connectivity index (χ3n) is 4.97. The average Bonchev–Trinajstić information content (AvgIpc) is 3.15. The summed E-state index contributed by atoms with van der Waals surface area (Å²) >= 11 is 0. The second-order valence-corrected chi connectivity index (χ2v) is 7.96. The maximum Gasteiger partial charge on any atom is 0.416 e. The van der Waals surface area contributed by atoms with E-state index in [0.717, 1.165) is 29.0 Å². The topological polar surface area (TPSA) is 53.9 Å². The maximum atomic E-state index is 12.8. The Hall–Kier alpha value is -3.03. The molecule has 2 aromatic rings. The zero-order chi connectivity index (χ0) is 22.6. The molecule has 0 unspecified atom stereocenters. The van der Waals surface area contributed by atoms with Crippen molar-refractivity contribution in [2.45, 2.75) is 52.1 Å². The molecule has 0 saturated heterocycles. The van der Waals surface area contributed by atoms with Gasteiger partial charge < -0.3 is 15.1 Å².